The van der Waals surface area contributed by atoms with Crippen molar-refractivity contribution in [3.05, 3.63) is 58.7 Å². The van der Waals surface area contributed by atoms with Crippen molar-refractivity contribution in [2.24, 2.45) is 5.92 Å². The van der Waals surface area contributed by atoms with Crippen molar-refractivity contribution >= 4 is 5.78 Å². The third-order valence-corrected chi connectivity index (χ3v) is 4.20. The van der Waals surface area contributed by atoms with Gasteiger partial charge in [0.2, 0.25) is 0 Å². The first-order valence-corrected chi connectivity index (χ1v) is 7.61. The number of Topliss-reactive ketones (excluding diaryl/α,β-unsaturated/α-hetero) is 1. The summed E-state index contributed by atoms with van der Waals surface area (Å²) in [6.07, 6.45) is 0.333. The van der Waals surface area contributed by atoms with Crippen molar-refractivity contribution in [1.82, 2.24) is 9.97 Å². The second-order valence-electron chi connectivity index (χ2n) is 6.06. The molecule has 3 atom stereocenters. The van der Waals surface area contributed by atoms with Crippen molar-refractivity contribution in [2.45, 2.75) is 32.1 Å². The number of benzene rings is 1. The lowest BCUT2D eigenvalue weighted by Gasteiger charge is -2.09. The largest absolute Gasteiger partial charge is 0.297 e. The Labute approximate surface area is 138 Å². The normalized spacial score (nSPS) is 20.3. The van der Waals surface area contributed by atoms with Crippen LogP contribution >= 0.6 is 0 Å². The van der Waals surface area contributed by atoms with Gasteiger partial charge in [-0.05, 0) is 38.5 Å². The molecule has 0 aliphatic heterocycles. The summed E-state index contributed by atoms with van der Waals surface area (Å²) in [7, 11) is 0. The fraction of sp³-hybridized carbons (Fsp3) is 0.333. The highest BCUT2D eigenvalue weighted by atomic mass is 19.1. The molecule has 1 aromatic carbocycles. The molecule has 0 saturated heterocycles. The number of nitrogens with zero attached hydrogens (tertiary/aromatic N) is 3. The van der Waals surface area contributed by atoms with E-state index in [1.54, 1.807) is 19.9 Å². The van der Waals surface area contributed by atoms with Crippen LogP contribution in [-0.4, -0.2) is 15.8 Å². The van der Waals surface area contributed by atoms with E-state index >= 15 is 0 Å². The van der Waals surface area contributed by atoms with E-state index in [0.717, 1.165) is 0 Å². The van der Waals surface area contributed by atoms with Gasteiger partial charge in [0.1, 0.15) is 11.6 Å². The van der Waals surface area contributed by atoms with Crippen LogP contribution < -0.4 is 0 Å². The SMILES string of the molecule is Cc1cc(C)nc(C(C#N)C(=O)C2CC2c2c(F)cccc2F)n1. The molecule has 1 aromatic heterocycles. The van der Waals surface area contributed by atoms with Gasteiger partial charge in [-0.15, -0.1) is 0 Å². The molecule has 6 heteroatoms. The van der Waals surface area contributed by atoms with E-state index in [9.17, 15) is 18.8 Å². The average molecular weight is 327 g/mol. The summed E-state index contributed by atoms with van der Waals surface area (Å²) < 4.78 is 27.7. The summed E-state index contributed by atoms with van der Waals surface area (Å²) in [5.41, 5.74) is 1.25. The Kier molecular flexibility index (Phi) is 4.10. The maximum Gasteiger partial charge on any atom is 0.164 e. The van der Waals surface area contributed by atoms with Gasteiger partial charge in [0.15, 0.2) is 17.5 Å². The highest BCUT2D eigenvalue weighted by molar-refractivity contribution is 5.92. The predicted molar refractivity (Wildman–Crippen MR) is 82.1 cm³/mol. The summed E-state index contributed by atoms with van der Waals surface area (Å²) in [5, 5.41) is 9.38. The van der Waals surface area contributed by atoms with E-state index in [1.807, 2.05) is 6.07 Å². The van der Waals surface area contributed by atoms with Gasteiger partial charge in [-0.3, -0.25) is 4.79 Å². The van der Waals surface area contributed by atoms with E-state index in [2.05, 4.69) is 9.97 Å². The predicted octanol–water partition coefficient (Wildman–Crippen LogP) is 3.35. The van der Waals surface area contributed by atoms with E-state index in [4.69, 9.17) is 0 Å². The van der Waals surface area contributed by atoms with Gasteiger partial charge in [-0.2, -0.15) is 5.26 Å². The zero-order valence-corrected chi connectivity index (χ0v) is 13.3. The van der Waals surface area contributed by atoms with E-state index < -0.39 is 29.4 Å². The summed E-state index contributed by atoms with van der Waals surface area (Å²) >= 11 is 0. The number of ketones is 1. The van der Waals surface area contributed by atoms with E-state index in [1.165, 1.54) is 18.2 Å². The van der Waals surface area contributed by atoms with Gasteiger partial charge < -0.3 is 0 Å². The molecular weight excluding hydrogens is 312 g/mol. The van der Waals surface area contributed by atoms with Crippen molar-refractivity contribution in [1.29, 1.82) is 5.26 Å². The highest BCUT2D eigenvalue weighted by Crippen LogP contribution is 2.51. The molecule has 4 nitrogen and oxygen atoms in total. The minimum atomic E-state index is -1.12. The number of halogens is 2. The van der Waals surface area contributed by atoms with Crippen LogP contribution in [0.4, 0.5) is 8.78 Å². The molecule has 3 unspecified atom stereocenters. The lowest BCUT2D eigenvalue weighted by Crippen LogP contribution is -2.17. The maximum atomic E-state index is 13.8. The van der Waals surface area contributed by atoms with Gasteiger partial charge >= 0.3 is 0 Å². The fourth-order valence-corrected chi connectivity index (χ4v) is 3.04. The first-order valence-electron chi connectivity index (χ1n) is 7.61. The van der Waals surface area contributed by atoms with Gasteiger partial charge in [0, 0.05) is 28.8 Å². The van der Waals surface area contributed by atoms with Crippen LogP contribution in [0.15, 0.2) is 24.3 Å². The molecule has 1 saturated carbocycles. The van der Waals surface area contributed by atoms with Gasteiger partial charge in [-0.25, -0.2) is 18.7 Å². The first kappa shape index (κ1) is 16.2. The fourth-order valence-electron chi connectivity index (χ4n) is 3.04. The van der Waals surface area contributed by atoms with Gasteiger partial charge in [-0.1, -0.05) is 6.07 Å². The number of rotatable bonds is 4. The summed E-state index contributed by atoms with van der Waals surface area (Å²) in [4.78, 5) is 21.0. The molecule has 122 valence electrons. The Bertz CT molecular complexity index is 819. The number of aryl methyl sites for hydroxylation is 2. The second kappa shape index (κ2) is 6.08. The highest BCUT2D eigenvalue weighted by Gasteiger charge is 2.49. The van der Waals surface area contributed by atoms with Crippen LogP contribution in [-0.2, 0) is 4.79 Å². The second-order valence-corrected chi connectivity index (χ2v) is 6.06. The molecule has 2 aromatic rings. The van der Waals surface area contributed by atoms with Crippen molar-refractivity contribution < 1.29 is 13.6 Å². The molecular formula is C18H15F2N3O. The van der Waals surface area contributed by atoms with Crippen LogP contribution in [0, 0.1) is 42.7 Å². The third-order valence-electron chi connectivity index (χ3n) is 4.20. The Morgan fingerprint density at radius 3 is 2.38 bits per heavy atom. The van der Waals surface area contributed by atoms with Crippen LogP contribution in [0.25, 0.3) is 0 Å². The number of aromatic nitrogens is 2. The molecule has 0 amide bonds. The molecule has 1 fully saturated rings. The molecule has 3 rings (SSSR count). The number of hydrogen-bond donors (Lipinski definition) is 0. The molecule has 0 spiro atoms. The van der Waals surface area contributed by atoms with Crippen LogP contribution in [0.3, 0.4) is 0 Å². The van der Waals surface area contributed by atoms with Crippen LogP contribution in [0.2, 0.25) is 0 Å². The zero-order valence-electron chi connectivity index (χ0n) is 13.3. The number of carbonyl (C=O) groups is 1. The van der Waals surface area contributed by atoms with Crippen LogP contribution in [0.5, 0.6) is 0 Å². The van der Waals surface area contributed by atoms with E-state index in [-0.39, 0.29) is 17.2 Å². The number of hydrogen-bond acceptors (Lipinski definition) is 4. The molecule has 1 aliphatic carbocycles. The summed E-state index contributed by atoms with van der Waals surface area (Å²) in [5.74, 6) is -3.77. The molecule has 0 bridgehead atoms. The molecule has 0 N–H and O–H groups in total. The van der Waals surface area contributed by atoms with Crippen molar-refractivity contribution in [2.75, 3.05) is 0 Å². The lowest BCUT2D eigenvalue weighted by atomic mass is 9.97. The standard InChI is InChI=1S/C18H15F2N3O/c1-9-6-10(2)23-18(22-9)13(8-21)17(24)12-7-11(12)16-14(19)4-3-5-15(16)20/h3-6,11-13H,7H2,1-2H3. The number of nitriles is 1. The number of carbonyl (C=O) groups excluding carboxylic acids is 1. The minimum Gasteiger partial charge on any atom is -0.297 e. The smallest absolute Gasteiger partial charge is 0.164 e. The molecule has 1 aliphatic rings. The Hall–Kier alpha value is -2.68. The quantitative estimate of drug-likeness (QED) is 0.863. The topological polar surface area (TPSA) is 66.6 Å². The average Bonchev–Trinajstić information content (AvgIpc) is 3.27. The zero-order chi connectivity index (χ0) is 17.4. The maximum absolute atomic E-state index is 13.8. The van der Waals surface area contributed by atoms with Crippen molar-refractivity contribution in [3.63, 3.8) is 0 Å². The Morgan fingerprint density at radius 1 is 1.25 bits per heavy atom. The minimum absolute atomic E-state index is 0.0751. The molecule has 24 heavy (non-hydrogen) atoms. The molecule has 0 radical (unpaired) electrons. The monoisotopic (exact) mass is 327 g/mol. The molecule has 1 heterocycles. The summed E-state index contributed by atoms with van der Waals surface area (Å²) in [6, 6.07) is 7.31. The lowest BCUT2D eigenvalue weighted by molar-refractivity contribution is -0.120. The Balaban J connectivity index is 1.86. The third kappa shape index (κ3) is 2.90. The first-order chi connectivity index (χ1) is 11.4. The summed E-state index contributed by atoms with van der Waals surface area (Å²) in [6.45, 7) is 3.51. The van der Waals surface area contributed by atoms with Crippen LogP contribution in [0.1, 0.15) is 41.0 Å². The van der Waals surface area contributed by atoms with E-state index in [0.29, 0.717) is 17.8 Å². The van der Waals surface area contributed by atoms with Gasteiger partial charge in [0.05, 0.1) is 6.07 Å². The van der Waals surface area contributed by atoms with Gasteiger partial charge in [0.25, 0.3) is 0 Å². The van der Waals surface area contributed by atoms with Crippen molar-refractivity contribution in [3.8, 4) is 6.07 Å². The Morgan fingerprint density at radius 2 is 1.83 bits per heavy atom.